The van der Waals surface area contributed by atoms with Crippen molar-refractivity contribution in [1.29, 1.82) is 0 Å². The van der Waals surface area contributed by atoms with Gasteiger partial charge in [-0.25, -0.2) is 0 Å². The number of nitrogens with zero attached hydrogens (tertiary/aromatic N) is 2. The van der Waals surface area contributed by atoms with E-state index in [1.165, 1.54) is 16.7 Å². The van der Waals surface area contributed by atoms with Gasteiger partial charge < -0.3 is 0 Å². The number of rotatable bonds is 5. The molecule has 1 aromatic heterocycles. The van der Waals surface area contributed by atoms with Gasteiger partial charge in [0.25, 0.3) is 11.8 Å². The van der Waals surface area contributed by atoms with E-state index in [4.69, 9.17) is 11.6 Å². The van der Waals surface area contributed by atoms with Crippen LogP contribution < -0.4 is 0 Å². The largest absolute Gasteiger partial charge is 0.269 e. The van der Waals surface area contributed by atoms with Crippen LogP contribution in [0.25, 0.3) is 5.57 Å². The zero-order chi connectivity index (χ0) is 19.5. The van der Waals surface area contributed by atoms with Crippen molar-refractivity contribution in [3.8, 4) is 0 Å². The molecule has 0 saturated carbocycles. The molecule has 2 aromatic carbocycles. The van der Waals surface area contributed by atoms with Crippen molar-refractivity contribution in [3.05, 3.63) is 100 Å². The lowest BCUT2D eigenvalue weighted by molar-refractivity contribution is -0.137. The molecule has 1 aliphatic heterocycles. The van der Waals surface area contributed by atoms with Gasteiger partial charge in [-0.2, -0.15) is 0 Å². The molecule has 28 heavy (non-hydrogen) atoms. The van der Waals surface area contributed by atoms with Gasteiger partial charge in [0, 0.05) is 16.1 Å². The summed E-state index contributed by atoms with van der Waals surface area (Å²) in [7, 11) is 0. The van der Waals surface area contributed by atoms with Gasteiger partial charge in [0.1, 0.15) is 0 Å². The Kier molecular flexibility index (Phi) is 5.28. The monoisotopic (exact) mass is 406 g/mol. The molecule has 0 unspecified atom stereocenters. The average Bonchev–Trinajstić information content (AvgIpc) is 2.95. The van der Waals surface area contributed by atoms with E-state index < -0.39 is 0 Å². The van der Waals surface area contributed by atoms with Crippen LogP contribution in [0.4, 0.5) is 0 Å². The first-order chi connectivity index (χ1) is 13.6. The van der Waals surface area contributed by atoms with Gasteiger partial charge in [-0.05, 0) is 42.0 Å². The van der Waals surface area contributed by atoms with E-state index in [1.807, 2.05) is 48.5 Å². The molecule has 0 radical (unpaired) electrons. The predicted molar refractivity (Wildman–Crippen MR) is 110 cm³/mol. The summed E-state index contributed by atoms with van der Waals surface area (Å²) in [5, 5.41) is 0.618. The third kappa shape index (κ3) is 3.72. The summed E-state index contributed by atoms with van der Waals surface area (Å²) in [4.78, 5) is 33.1. The number of halogens is 1. The van der Waals surface area contributed by atoms with Crippen LogP contribution in [0.1, 0.15) is 11.3 Å². The van der Waals surface area contributed by atoms with Crippen LogP contribution in [-0.2, 0) is 16.1 Å². The Balaban J connectivity index is 1.73. The van der Waals surface area contributed by atoms with Crippen LogP contribution in [0.2, 0.25) is 5.02 Å². The molecule has 6 heteroatoms. The molecule has 0 spiro atoms. The van der Waals surface area contributed by atoms with Crippen LogP contribution in [-0.4, -0.2) is 21.7 Å². The second kappa shape index (κ2) is 8.00. The first kappa shape index (κ1) is 18.5. The average molecular weight is 407 g/mol. The molecule has 138 valence electrons. The summed E-state index contributed by atoms with van der Waals surface area (Å²) in [6.07, 6.45) is 1.65. The highest BCUT2D eigenvalue weighted by Crippen LogP contribution is 2.40. The molecule has 3 aromatic rings. The molecule has 0 atom stereocenters. The lowest BCUT2D eigenvalue weighted by Crippen LogP contribution is -2.31. The van der Waals surface area contributed by atoms with E-state index in [2.05, 4.69) is 4.98 Å². The smallest absolute Gasteiger partial charge is 0.268 e. The topological polar surface area (TPSA) is 50.3 Å². The van der Waals surface area contributed by atoms with Gasteiger partial charge in [-0.15, -0.1) is 0 Å². The number of imide groups is 1. The van der Waals surface area contributed by atoms with Crippen molar-refractivity contribution in [1.82, 2.24) is 9.88 Å². The summed E-state index contributed by atoms with van der Waals surface area (Å²) in [5.74, 6) is -0.618. The van der Waals surface area contributed by atoms with Gasteiger partial charge in [0.05, 0.1) is 22.7 Å². The highest BCUT2D eigenvalue weighted by molar-refractivity contribution is 8.04. The molecule has 4 rings (SSSR count). The molecule has 4 nitrogen and oxygen atoms in total. The minimum atomic E-state index is -0.311. The summed E-state index contributed by atoms with van der Waals surface area (Å²) in [5.41, 5.74) is 1.80. The molecule has 2 heterocycles. The number of benzene rings is 2. The van der Waals surface area contributed by atoms with E-state index in [1.54, 1.807) is 30.5 Å². The lowest BCUT2D eigenvalue weighted by atomic mass is 10.1. The number of aromatic nitrogens is 1. The van der Waals surface area contributed by atoms with Crippen LogP contribution in [0.15, 0.2) is 88.8 Å². The number of hydrogen-bond donors (Lipinski definition) is 0. The van der Waals surface area contributed by atoms with E-state index in [0.29, 0.717) is 21.2 Å². The summed E-state index contributed by atoms with van der Waals surface area (Å²) >= 11 is 7.24. The maximum Gasteiger partial charge on any atom is 0.268 e. The third-order valence-corrected chi connectivity index (χ3v) is 5.61. The highest BCUT2D eigenvalue weighted by atomic mass is 35.5. The molecular weight excluding hydrogens is 392 g/mol. The van der Waals surface area contributed by atoms with Crippen LogP contribution in [0.3, 0.4) is 0 Å². The molecule has 2 amide bonds. The number of amides is 2. The Hall–Kier alpha value is -2.89. The zero-order valence-electron chi connectivity index (χ0n) is 14.7. The van der Waals surface area contributed by atoms with Gasteiger partial charge in [-0.1, -0.05) is 59.8 Å². The zero-order valence-corrected chi connectivity index (χ0v) is 16.3. The number of carbonyl (C=O) groups excluding carboxylic acids is 2. The van der Waals surface area contributed by atoms with Crippen molar-refractivity contribution in [3.63, 3.8) is 0 Å². The van der Waals surface area contributed by atoms with Crippen molar-refractivity contribution in [2.24, 2.45) is 0 Å². The Bertz CT molecular complexity index is 1050. The first-order valence-electron chi connectivity index (χ1n) is 8.63. The molecule has 0 saturated heterocycles. The fourth-order valence-electron chi connectivity index (χ4n) is 2.93. The van der Waals surface area contributed by atoms with Crippen molar-refractivity contribution in [2.45, 2.75) is 11.4 Å². The Morgan fingerprint density at radius 1 is 0.857 bits per heavy atom. The molecule has 1 aliphatic rings. The Labute approximate surface area is 171 Å². The van der Waals surface area contributed by atoms with E-state index in [0.717, 1.165) is 10.5 Å². The minimum absolute atomic E-state index is 0.138. The summed E-state index contributed by atoms with van der Waals surface area (Å²) < 4.78 is 0. The van der Waals surface area contributed by atoms with Gasteiger partial charge in [-0.3, -0.25) is 19.5 Å². The molecule has 0 bridgehead atoms. The SMILES string of the molecule is O=C1C(Sc2ccc(Cl)cc2)=C(c2ccccc2)C(=O)N1Cc1ccccn1. The van der Waals surface area contributed by atoms with Crippen molar-refractivity contribution >= 4 is 40.8 Å². The standard InChI is InChI=1S/C22H15ClN2O2S/c23-16-9-11-18(12-10-16)28-20-19(15-6-2-1-3-7-15)21(26)25(22(20)27)14-17-8-4-5-13-24-17/h1-13H,14H2. The van der Waals surface area contributed by atoms with Crippen LogP contribution in [0, 0.1) is 0 Å². The maximum atomic E-state index is 13.2. The maximum absolute atomic E-state index is 13.2. The van der Waals surface area contributed by atoms with Crippen molar-refractivity contribution in [2.75, 3.05) is 0 Å². The second-order valence-corrected chi connectivity index (χ2v) is 7.66. The third-order valence-electron chi connectivity index (χ3n) is 4.27. The summed E-state index contributed by atoms with van der Waals surface area (Å²) in [6.45, 7) is 0.138. The van der Waals surface area contributed by atoms with Gasteiger partial charge in [0.2, 0.25) is 0 Å². The van der Waals surface area contributed by atoms with Crippen molar-refractivity contribution < 1.29 is 9.59 Å². The quantitative estimate of drug-likeness (QED) is 0.571. The Morgan fingerprint density at radius 2 is 1.57 bits per heavy atom. The minimum Gasteiger partial charge on any atom is -0.269 e. The number of carbonyl (C=O) groups is 2. The molecule has 0 N–H and O–H groups in total. The lowest BCUT2D eigenvalue weighted by Gasteiger charge is -2.14. The number of hydrogen-bond acceptors (Lipinski definition) is 4. The van der Waals surface area contributed by atoms with E-state index in [9.17, 15) is 9.59 Å². The highest BCUT2D eigenvalue weighted by Gasteiger charge is 2.39. The predicted octanol–water partition coefficient (Wildman–Crippen LogP) is 4.81. The van der Waals surface area contributed by atoms with E-state index in [-0.39, 0.29) is 18.4 Å². The van der Waals surface area contributed by atoms with Gasteiger partial charge >= 0.3 is 0 Å². The van der Waals surface area contributed by atoms with E-state index >= 15 is 0 Å². The molecule has 0 fully saturated rings. The molecule has 0 aliphatic carbocycles. The van der Waals surface area contributed by atoms with Crippen LogP contribution >= 0.6 is 23.4 Å². The first-order valence-corrected chi connectivity index (χ1v) is 9.82. The fraction of sp³-hybridized carbons (Fsp3) is 0.0455. The fourth-order valence-corrected chi connectivity index (χ4v) is 4.06. The number of thioether (sulfide) groups is 1. The Morgan fingerprint density at radius 3 is 2.25 bits per heavy atom. The van der Waals surface area contributed by atoms with Crippen LogP contribution in [0.5, 0.6) is 0 Å². The number of pyridine rings is 1. The molecular formula is C22H15ClN2O2S. The normalized spacial score (nSPS) is 14.1. The van der Waals surface area contributed by atoms with Gasteiger partial charge in [0.15, 0.2) is 0 Å². The summed E-state index contributed by atoms with van der Waals surface area (Å²) in [6, 6.07) is 21.9. The second-order valence-electron chi connectivity index (χ2n) is 6.14.